The van der Waals surface area contributed by atoms with Gasteiger partial charge < -0.3 is 0 Å². The van der Waals surface area contributed by atoms with Gasteiger partial charge in [0, 0.05) is 43.7 Å². The fourth-order valence-electron chi connectivity index (χ4n) is 5.02. The first kappa shape index (κ1) is 26.7. The second-order valence-electron chi connectivity index (χ2n) is 9.14. The normalized spacial score (nSPS) is 11.8. The Morgan fingerprint density at radius 2 is 0.775 bits per heavy atom. The van der Waals surface area contributed by atoms with E-state index in [-0.39, 0.29) is 13.1 Å². The van der Waals surface area contributed by atoms with Gasteiger partial charge in [0.1, 0.15) is 0 Å². The molecule has 196 valence electrons. The van der Waals surface area contributed by atoms with Crippen LogP contribution < -0.4 is 0 Å². The molecule has 0 aliphatic heterocycles. The number of fused-ring (bicyclic) bond motifs is 4. The molecule has 0 aliphatic rings. The molecule has 0 unspecified atom stereocenters. The molecule has 0 radical (unpaired) electrons. The van der Waals surface area contributed by atoms with Crippen LogP contribution in [0.15, 0.2) is 131 Å². The molecule has 0 aliphatic carbocycles. The molecular formula is C34H22Cl2FeN2S. The monoisotopic (exact) mass is 616 g/mol. The van der Waals surface area contributed by atoms with Gasteiger partial charge in [-0.3, -0.25) is 9.98 Å². The van der Waals surface area contributed by atoms with Crippen LogP contribution in [0.5, 0.6) is 0 Å². The second-order valence-corrected chi connectivity index (χ2v) is 12.1. The van der Waals surface area contributed by atoms with Crippen LogP contribution in [0.3, 0.4) is 0 Å². The summed E-state index contributed by atoms with van der Waals surface area (Å²) in [5.74, 6) is 0. The first-order valence-corrected chi connectivity index (χ1v) is 16.4. The molecule has 0 spiro atoms. The summed E-state index contributed by atoms with van der Waals surface area (Å²) in [5.41, 5.74) is 2.03. The Morgan fingerprint density at radius 3 is 1.10 bits per heavy atom. The summed E-state index contributed by atoms with van der Waals surface area (Å²) in [4.78, 5) is 12.2. The van der Waals surface area contributed by atoms with E-state index in [1.807, 2.05) is 12.4 Å². The fourth-order valence-corrected chi connectivity index (χ4v) is 5.78. The van der Waals surface area contributed by atoms with Gasteiger partial charge in [0.15, 0.2) is 0 Å². The van der Waals surface area contributed by atoms with E-state index in [0.717, 1.165) is 21.1 Å². The summed E-state index contributed by atoms with van der Waals surface area (Å²) >= 11 is 1.89. The Kier molecular flexibility index (Phi) is 8.24. The van der Waals surface area contributed by atoms with Crippen molar-refractivity contribution >= 4 is 98.4 Å². The molecule has 7 aromatic rings. The summed E-state index contributed by atoms with van der Waals surface area (Å²) in [6, 6.07) is 42.5. The molecule has 0 amide bonds. The molecule has 0 saturated heterocycles. The Balaban J connectivity index is 0.000000925. The standard InChI is InChI=1S/C34H22N2S.2ClH.Fe/c1-5-13-29-23(9-1)19-24-10-2-6-14-30(24)33(29)35-21-27-17-18-28(37-27)22-36-34-31-15-7-3-11-25(31)20-26-12-4-8-16-32(26)34;;;/h1-22H;2*1H;/q;;;+2/p-2. The van der Waals surface area contributed by atoms with Crippen molar-refractivity contribution < 1.29 is 13.1 Å². The van der Waals surface area contributed by atoms with Crippen LogP contribution in [0.4, 0.5) is 11.4 Å². The maximum absolute atomic E-state index is 4.99. The number of hydrogen-bond acceptors (Lipinski definition) is 3. The number of thiophene rings is 1. The van der Waals surface area contributed by atoms with Gasteiger partial charge in [-0.25, -0.2) is 0 Å². The van der Waals surface area contributed by atoms with E-state index >= 15 is 0 Å². The number of rotatable bonds is 4. The predicted molar refractivity (Wildman–Crippen MR) is 173 cm³/mol. The molecule has 0 saturated carbocycles. The second kappa shape index (κ2) is 12.3. The van der Waals surface area contributed by atoms with E-state index in [2.05, 4.69) is 121 Å². The van der Waals surface area contributed by atoms with Crippen molar-refractivity contribution in [1.29, 1.82) is 0 Å². The van der Waals surface area contributed by atoms with Crippen molar-refractivity contribution in [1.82, 2.24) is 0 Å². The third-order valence-corrected chi connectivity index (χ3v) is 7.73. The van der Waals surface area contributed by atoms with Gasteiger partial charge in [-0.05, 0) is 45.8 Å². The minimum absolute atomic E-state index is 0.194. The van der Waals surface area contributed by atoms with E-state index < -0.39 is 0 Å². The van der Waals surface area contributed by atoms with Gasteiger partial charge in [-0.2, -0.15) is 0 Å². The number of halogens is 2. The maximum atomic E-state index is 4.99. The minimum atomic E-state index is 0.194. The Labute approximate surface area is 251 Å². The number of aliphatic imine (C=N–C) groups is 2. The fraction of sp³-hybridized carbons (Fsp3) is 0. The van der Waals surface area contributed by atoms with Crippen LogP contribution in [-0.2, 0) is 13.1 Å². The van der Waals surface area contributed by atoms with Gasteiger partial charge in [-0.1, -0.05) is 97.1 Å². The molecule has 1 heterocycles. The van der Waals surface area contributed by atoms with Crippen LogP contribution in [0.25, 0.3) is 43.1 Å². The van der Waals surface area contributed by atoms with Gasteiger partial charge in [0.25, 0.3) is 0 Å². The molecule has 6 heteroatoms. The molecule has 2 nitrogen and oxygen atoms in total. The molecule has 0 N–H and O–H groups in total. The molecule has 7 rings (SSSR count). The van der Waals surface area contributed by atoms with Gasteiger partial charge in [0.2, 0.25) is 0 Å². The van der Waals surface area contributed by atoms with Crippen molar-refractivity contribution in [2.24, 2.45) is 9.98 Å². The Bertz CT molecular complexity index is 1780. The van der Waals surface area contributed by atoms with Crippen molar-refractivity contribution in [3.8, 4) is 0 Å². The molecule has 0 bridgehead atoms. The van der Waals surface area contributed by atoms with E-state index in [1.165, 1.54) is 43.1 Å². The van der Waals surface area contributed by atoms with Crippen LogP contribution >= 0.6 is 31.5 Å². The van der Waals surface area contributed by atoms with E-state index in [4.69, 9.17) is 30.2 Å². The number of hydrogen-bond donors (Lipinski definition) is 0. The summed E-state index contributed by atoms with van der Waals surface area (Å²) < 4.78 is 0. The van der Waals surface area contributed by atoms with Crippen LogP contribution in [0.2, 0.25) is 0 Å². The van der Waals surface area contributed by atoms with Gasteiger partial charge >= 0.3 is 33.3 Å². The average Bonchev–Trinajstić information content (AvgIpc) is 3.45. The number of benzene rings is 6. The average molecular weight is 617 g/mol. The SMILES string of the molecule is C(=Nc1c2ccccc2cc2ccccc12)c1ccc(C=Nc2c3ccccc3cc3ccccc23)s1.[Cl][Fe][Cl]. The first-order chi connectivity index (χ1) is 19.7. The quantitative estimate of drug-likeness (QED) is 0.107. The van der Waals surface area contributed by atoms with Crippen LogP contribution in [0, 0.1) is 0 Å². The third kappa shape index (κ3) is 5.55. The molecular weight excluding hydrogens is 595 g/mol. The predicted octanol–water partition coefficient (Wildman–Crippen LogP) is 11.2. The van der Waals surface area contributed by atoms with Gasteiger partial charge in [0.05, 0.1) is 11.4 Å². The van der Waals surface area contributed by atoms with E-state index in [1.54, 1.807) is 11.3 Å². The van der Waals surface area contributed by atoms with Crippen molar-refractivity contribution in [3.63, 3.8) is 0 Å². The molecule has 6 aromatic carbocycles. The van der Waals surface area contributed by atoms with Gasteiger partial charge in [-0.15, -0.1) is 11.3 Å². The molecule has 40 heavy (non-hydrogen) atoms. The molecule has 1 aromatic heterocycles. The zero-order valence-corrected chi connectivity index (χ0v) is 24.5. The van der Waals surface area contributed by atoms with Crippen LogP contribution in [0.1, 0.15) is 9.75 Å². The Hall–Kier alpha value is -3.50. The van der Waals surface area contributed by atoms with Crippen LogP contribution in [-0.4, -0.2) is 12.4 Å². The van der Waals surface area contributed by atoms with E-state index in [0.29, 0.717) is 0 Å². The summed E-state index contributed by atoms with van der Waals surface area (Å²) in [7, 11) is 9.53. The molecule has 0 fully saturated rings. The van der Waals surface area contributed by atoms with Crippen molar-refractivity contribution in [2.45, 2.75) is 0 Å². The zero-order valence-electron chi connectivity index (χ0n) is 21.1. The molecule has 0 atom stereocenters. The summed E-state index contributed by atoms with van der Waals surface area (Å²) in [6.45, 7) is 0. The summed E-state index contributed by atoms with van der Waals surface area (Å²) in [6.07, 6.45) is 3.95. The zero-order chi connectivity index (χ0) is 27.3. The topological polar surface area (TPSA) is 24.7 Å². The van der Waals surface area contributed by atoms with Crippen molar-refractivity contribution in [2.75, 3.05) is 0 Å². The first-order valence-electron chi connectivity index (χ1n) is 12.6. The third-order valence-electron chi connectivity index (χ3n) is 6.77. The Morgan fingerprint density at radius 1 is 0.475 bits per heavy atom. The summed E-state index contributed by atoms with van der Waals surface area (Å²) in [5, 5.41) is 9.48. The van der Waals surface area contributed by atoms with Crippen molar-refractivity contribution in [3.05, 3.63) is 131 Å². The van der Waals surface area contributed by atoms with E-state index in [9.17, 15) is 0 Å². The number of nitrogens with zero attached hydrogens (tertiary/aromatic N) is 2.